The Morgan fingerprint density at radius 3 is 2.09 bits per heavy atom. The molecule has 0 aliphatic rings. The molecule has 0 fully saturated rings. The summed E-state index contributed by atoms with van der Waals surface area (Å²) < 4.78 is 34.8. The summed E-state index contributed by atoms with van der Waals surface area (Å²) in [4.78, 5) is 0. The van der Waals surface area contributed by atoms with Crippen molar-refractivity contribution in [2.75, 3.05) is 5.75 Å². The van der Waals surface area contributed by atoms with Crippen molar-refractivity contribution in [3.63, 3.8) is 0 Å². The predicted octanol–water partition coefficient (Wildman–Crippen LogP) is 3.00. The highest BCUT2D eigenvalue weighted by atomic mass is 32.2. The average molecular weight is 333 g/mol. The van der Waals surface area contributed by atoms with Gasteiger partial charge >= 0.3 is 0 Å². The summed E-state index contributed by atoms with van der Waals surface area (Å²) in [5, 5.41) is 0. The van der Waals surface area contributed by atoms with Crippen LogP contribution in [0.15, 0.2) is 18.7 Å². The first-order valence-corrected chi connectivity index (χ1v) is 9.91. The molecule has 0 atom stereocenters. The molecule has 130 valence electrons. The number of hydrogen-bond donors (Lipinski definition) is 0. The van der Waals surface area contributed by atoms with Crippen molar-refractivity contribution in [3.05, 3.63) is 18.7 Å². The summed E-state index contributed by atoms with van der Waals surface area (Å²) in [7, 11) is -1.92. The van der Waals surface area contributed by atoms with Gasteiger partial charge in [0.05, 0.1) is 23.7 Å². The van der Waals surface area contributed by atoms with Gasteiger partial charge in [0, 0.05) is 5.75 Å². The zero-order valence-corrected chi connectivity index (χ0v) is 15.1. The minimum absolute atomic E-state index is 0.195. The van der Waals surface area contributed by atoms with Crippen LogP contribution in [-0.4, -0.2) is 23.3 Å². The largest absolute Gasteiger partial charge is 0.748 e. The van der Waals surface area contributed by atoms with Crippen molar-refractivity contribution >= 4 is 10.1 Å². The molecule has 5 nitrogen and oxygen atoms in total. The Morgan fingerprint density at radius 1 is 1.00 bits per heavy atom. The molecule has 1 heterocycles. The number of aromatic nitrogens is 2. The van der Waals surface area contributed by atoms with E-state index in [4.69, 9.17) is 0 Å². The highest BCUT2D eigenvalue weighted by Gasteiger charge is 1.96. The predicted molar refractivity (Wildman–Crippen MR) is 88.5 cm³/mol. The second-order valence-corrected chi connectivity index (χ2v) is 7.22. The van der Waals surface area contributed by atoms with Crippen LogP contribution in [0, 0.1) is 0 Å². The van der Waals surface area contributed by atoms with Gasteiger partial charge in [0.15, 0.2) is 0 Å². The molecule has 6 heteroatoms. The topological polar surface area (TPSA) is 66.0 Å². The molecule has 0 saturated carbocycles. The highest BCUT2D eigenvalue weighted by molar-refractivity contribution is 7.85. The lowest BCUT2D eigenvalue weighted by Gasteiger charge is -2.05. The Bertz CT molecular complexity index is 469. The van der Waals surface area contributed by atoms with Crippen molar-refractivity contribution in [2.45, 2.75) is 71.8 Å². The van der Waals surface area contributed by atoms with Crippen LogP contribution in [0.2, 0.25) is 0 Å². The Labute approximate surface area is 136 Å². The molecule has 0 amide bonds. The summed E-state index contributed by atoms with van der Waals surface area (Å²) in [6, 6.07) is 0. The lowest BCUT2D eigenvalue weighted by atomic mass is 10.1. The molecule has 1 aromatic heterocycles. The quantitative estimate of drug-likeness (QED) is 0.376. The van der Waals surface area contributed by atoms with Crippen molar-refractivity contribution in [1.82, 2.24) is 4.57 Å². The van der Waals surface area contributed by atoms with Crippen LogP contribution < -0.4 is 4.57 Å². The molecule has 0 saturated heterocycles. The molecule has 0 radical (unpaired) electrons. The number of hydrogen-bond acceptors (Lipinski definition) is 3. The Morgan fingerprint density at radius 2 is 1.59 bits per heavy atom. The molecule has 1 rings (SSSR count). The van der Waals surface area contributed by atoms with E-state index >= 15 is 0 Å². The maximum absolute atomic E-state index is 10.2. The molecule has 22 heavy (non-hydrogen) atoms. The van der Waals surface area contributed by atoms with Crippen molar-refractivity contribution in [1.29, 1.82) is 0 Å². The highest BCUT2D eigenvalue weighted by Crippen LogP contribution is 2.05. The van der Waals surface area contributed by atoms with Crippen LogP contribution in [0.4, 0.5) is 0 Å². The monoisotopic (exact) mass is 332 g/mol. The second-order valence-electron chi connectivity index (χ2n) is 5.70. The minimum atomic E-state index is -3.97. The van der Waals surface area contributed by atoms with Crippen LogP contribution in [0.25, 0.3) is 0 Å². The maximum Gasteiger partial charge on any atom is 0.243 e. The van der Waals surface area contributed by atoms with Gasteiger partial charge in [0.1, 0.15) is 12.4 Å². The molecule has 0 N–H and O–H groups in total. The van der Waals surface area contributed by atoms with Gasteiger partial charge in [-0.05, 0) is 12.8 Å². The first-order valence-electron chi connectivity index (χ1n) is 8.33. The lowest BCUT2D eigenvalue weighted by molar-refractivity contribution is -0.696. The van der Waals surface area contributed by atoms with Gasteiger partial charge < -0.3 is 4.55 Å². The molecule has 0 aromatic carbocycles. The summed E-state index contributed by atoms with van der Waals surface area (Å²) >= 11 is 0. The van der Waals surface area contributed by atoms with Crippen LogP contribution in [0.1, 0.15) is 65.2 Å². The number of unbranched alkanes of at least 4 members (excludes halogenated alkanes) is 6. The number of imidazole rings is 1. The second kappa shape index (κ2) is 12.6. The molecule has 0 aliphatic heterocycles. The Kier molecular flexibility index (Phi) is 12.1. The summed E-state index contributed by atoms with van der Waals surface area (Å²) in [6.07, 6.45) is 14.8. The van der Waals surface area contributed by atoms with E-state index in [-0.39, 0.29) is 5.75 Å². The number of aryl methyl sites for hydroxylation is 2. The van der Waals surface area contributed by atoms with Gasteiger partial charge in [-0.2, -0.15) is 0 Å². The smallest absolute Gasteiger partial charge is 0.243 e. The molecule has 0 unspecified atom stereocenters. The van der Waals surface area contributed by atoms with Gasteiger partial charge in [0.2, 0.25) is 6.33 Å². The van der Waals surface area contributed by atoms with E-state index in [1.54, 1.807) is 0 Å². The average Bonchev–Trinajstić information content (AvgIpc) is 2.86. The maximum atomic E-state index is 10.2. The van der Waals surface area contributed by atoms with Crippen LogP contribution in [0.5, 0.6) is 0 Å². The van der Waals surface area contributed by atoms with E-state index in [0.29, 0.717) is 6.42 Å². The third kappa shape index (κ3) is 14.1. The van der Waals surface area contributed by atoms with E-state index in [1.165, 1.54) is 25.7 Å². The zero-order chi connectivity index (χ0) is 16.8. The number of nitrogens with zero attached hydrogens (tertiary/aromatic N) is 2. The standard InChI is InChI=1S/C8H15N2.C8H18O3S/c1-3-4-5-10-7-6-9(2)8-10;1-2-3-4-5-6-7-8-12(9,10)11/h6-8H,3-5H2,1-2H3;2-8H2,1H3,(H,9,10,11)/q+1;/p-1. The zero-order valence-electron chi connectivity index (χ0n) is 14.3. The summed E-state index contributed by atoms with van der Waals surface area (Å²) in [6.45, 7) is 5.49. The van der Waals surface area contributed by atoms with Crippen molar-refractivity contribution in [2.24, 2.45) is 7.05 Å². The van der Waals surface area contributed by atoms with E-state index in [9.17, 15) is 13.0 Å². The van der Waals surface area contributed by atoms with Crippen molar-refractivity contribution < 1.29 is 17.5 Å². The SMILES string of the molecule is CCCCCCCCS(=O)(=O)[O-].CCCC[n+]1ccn(C)c1. The molecular weight excluding hydrogens is 300 g/mol. The molecule has 0 spiro atoms. The Hall–Kier alpha value is -0.880. The van der Waals surface area contributed by atoms with E-state index in [2.05, 4.69) is 41.7 Å². The van der Waals surface area contributed by atoms with E-state index in [0.717, 1.165) is 25.8 Å². The van der Waals surface area contributed by atoms with Crippen LogP contribution in [0.3, 0.4) is 0 Å². The van der Waals surface area contributed by atoms with Gasteiger partial charge in [0.25, 0.3) is 0 Å². The summed E-state index contributed by atoms with van der Waals surface area (Å²) in [5.41, 5.74) is 0. The third-order valence-electron chi connectivity index (χ3n) is 3.34. The normalized spacial score (nSPS) is 11.1. The Balaban J connectivity index is 0.000000406. The molecule has 0 aliphatic carbocycles. The first-order chi connectivity index (χ1) is 10.4. The fourth-order valence-corrected chi connectivity index (χ4v) is 2.59. The van der Waals surface area contributed by atoms with Crippen LogP contribution in [-0.2, 0) is 23.7 Å². The van der Waals surface area contributed by atoms with Gasteiger partial charge in [-0.3, -0.25) is 0 Å². The molecule has 0 bridgehead atoms. The lowest BCUT2D eigenvalue weighted by Crippen LogP contribution is -2.30. The van der Waals surface area contributed by atoms with Gasteiger partial charge in [-0.15, -0.1) is 0 Å². The minimum Gasteiger partial charge on any atom is -0.748 e. The van der Waals surface area contributed by atoms with Crippen molar-refractivity contribution in [3.8, 4) is 0 Å². The van der Waals surface area contributed by atoms with Crippen LogP contribution >= 0.6 is 0 Å². The van der Waals surface area contributed by atoms with Gasteiger partial charge in [-0.1, -0.05) is 52.4 Å². The number of rotatable bonds is 10. The molecule has 1 aromatic rings. The third-order valence-corrected chi connectivity index (χ3v) is 4.13. The fourth-order valence-electron chi connectivity index (χ4n) is 2.03. The molecular formula is C16H32N2O3S. The van der Waals surface area contributed by atoms with E-state index in [1.807, 2.05) is 7.05 Å². The first kappa shape index (κ1) is 21.1. The summed E-state index contributed by atoms with van der Waals surface area (Å²) in [5.74, 6) is -0.195. The van der Waals surface area contributed by atoms with Gasteiger partial charge in [-0.25, -0.2) is 17.6 Å². The fraction of sp³-hybridized carbons (Fsp3) is 0.812. The van der Waals surface area contributed by atoms with E-state index < -0.39 is 10.1 Å².